The van der Waals surface area contributed by atoms with Gasteiger partial charge in [0.05, 0.1) is 10.7 Å². The number of nitrogens with one attached hydrogen (secondary N) is 1. The first-order chi connectivity index (χ1) is 9.74. The summed E-state index contributed by atoms with van der Waals surface area (Å²) in [5, 5.41) is 5.07. The molecule has 1 aliphatic carbocycles. The molecule has 3 unspecified atom stereocenters. The highest BCUT2D eigenvalue weighted by Gasteiger charge is 2.30. The van der Waals surface area contributed by atoms with Gasteiger partial charge in [-0.05, 0) is 71.8 Å². The topological polar surface area (TPSA) is 24.9 Å². The highest BCUT2D eigenvalue weighted by atomic mass is 32.1. The van der Waals surface area contributed by atoms with E-state index in [-0.39, 0.29) is 5.54 Å². The van der Waals surface area contributed by atoms with E-state index in [1.165, 1.54) is 41.3 Å². The Labute approximate surface area is 134 Å². The van der Waals surface area contributed by atoms with E-state index in [0.29, 0.717) is 0 Å². The number of rotatable bonds is 4. The third-order valence-electron chi connectivity index (χ3n) is 4.81. The molecule has 0 saturated heterocycles. The van der Waals surface area contributed by atoms with E-state index in [4.69, 9.17) is 4.98 Å². The fourth-order valence-corrected chi connectivity index (χ4v) is 4.39. The Morgan fingerprint density at radius 3 is 2.48 bits per heavy atom. The Morgan fingerprint density at radius 2 is 1.90 bits per heavy atom. The van der Waals surface area contributed by atoms with Gasteiger partial charge in [0.1, 0.15) is 0 Å². The van der Waals surface area contributed by atoms with Crippen LogP contribution in [0.1, 0.15) is 62.5 Å². The number of aryl methyl sites for hydroxylation is 2. The van der Waals surface area contributed by atoms with Gasteiger partial charge in [-0.25, -0.2) is 4.98 Å². The zero-order chi connectivity index (χ0) is 15.6. The van der Waals surface area contributed by atoms with Crippen LogP contribution in [0, 0.1) is 31.6 Å². The van der Waals surface area contributed by atoms with E-state index in [0.717, 1.165) is 24.3 Å². The maximum absolute atomic E-state index is 4.77. The Bertz CT molecular complexity index is 439. The van der Waals surface area contributed by atoms with E-state index in [1.54, 1.807) is 0 Å². The van der Waals surface area contributed by atoms with Gasteiger partial charge in [-0.15, -0.1) is 11.3 Å². The zero-order valence-corrected chi connectivity index (χ0v) is 15.4. The predicted octanol–water partition coefficient (Wildman–Crippen LogP) is 4.74. The second-order valence-electron chi connectivity index (χ2n) is 8.02. The highest BCUT2D eigenvalue weighted by Crippen LogP contribution is 2.36. The summed E-state index contributed by atoms with van der Waals surface area (Å²) in [6, 6.07) is 0. The van der Waals surface area contributed by atoms with E-state index in [9.17, 15) is 0 Å². The van der Waals surface area contributed by atoms with Crippen molar-refractivity contribution in [3.8, 4) is 0 Å². The third-order valence-corrected chi connectivity index (χ3v) is 5.90. The van der Waals surface area contributed by atoms with Crippen molar-refractivity contribution in [2.24, 2.45) is 17.8 Å². The van der Waals surface area contributed by atoms with Gasteiger partial charge in [-0.2, -0.15) is 0 Å². The first-order valence-corrected chi connectivity index (χ1v) is 9.24. The lowest BCUT2D eigenvalue weighted by atomic mass is 9.73. The van der Waals surface area contributed by atoms with E-state index in [1.807, 2.05) is 11.3 Å². The molecule has 1 saturated carbocycles. The van der Waals surface area contributed by atoms with Crippen molar-refractivity contribution >= 4 is 11.3 Å². The van der Waals surface area contributed by atoms with Crippen molar-refractivity contribution in [2.45, 2.75) is 72.8 Å². The average Bonchev–Trinajstić information content (AvgIpc) is 2.66. The number of hydrogen-bond donors (Lipinski definition) is 1. The van der Waals surface area contributed by atoms with Gasteiger partial charge in [0.15, 0.2) is 0 Å². The summed E-state index contributed by atoms with van der Waals surface area (Å²) in [5.41, 5.74) is 1.45. The molecule has 1 heterocycles. The number of aromatic nitrogens is 1. The first-order valence-electron chi connectivity index (χ1n) is 8.42. The van der Waals surface area contributed by atoms with Crippen molar-refractivity contribution in [2.75, 3.05) is 6.54 Å². The van der Waals surface area contributed by atoms with Gasteiger partial charge in [0.2, 0.25) is 0 Å². The number of nitrogens with zero attached hydrogens (tertiary/aromatic N) is 1. The molecule has 1 aliphatic rings. The molecule has 0 radical (unpaired) electrons. The summed E-state index contributed by atoms with van der Waals surface area (Å²) < 4.78 is 0. The summed E-state index contributed by atoms with van der Waals surface area (Å²) in [7, 11) is 0. The standard InChI is InChI=1S/C18H32N2S/c1-12-7-8-15(11-19-18(4,5)6)16(9-12)10-17-20-13(2)14(3)21-17/h12,15-16,19H,7-11H2,1-6H3. The summed E-state index contributed by atoms with van der Waals surface area (Å²) in [6.45, 7) is 14.7. The predicted molar refractivity (Wildman–Crippen MR) is 93.0 cm³/mol. The summed E-state index contributed by atoms with van der Waals surface area (Å²) in [5.74, 6) is 2.49. The van der Waals surface area contributed by atoms with Gasteiger partial charge in [-0.1, -0.05) is 13.3 Å². The minimum Gasteiger partial charge on any atom is -0.312 e. The fraction of sp³-hybridized carbons (Fsp3) is 0.833. The Kier molecular flexibility index (Phi) is 5.48. The maximum Gasteiger partial charge on any atom is 0.0933 e. The molecule has 0 amide bonds. The van der Waals surface area contributed by atoms with Crippen LogP contribution in [0.5, 0.6) is 0 Å². The third kappa shape index (κ3) is 5.07. The van der Waals surface area contributed by atoms with Crippen molar-refractivity contribution in [3.05, 3.63) is 15.6 Å². The molecule has 1 fully saturated rings. The molecule has 2 nitrogen and oxygen atoms in total. The normalized spacial score (nSPS) is 27.0. The molecule has 1 aromatic rings. The van der Waals surface area contributed by atoms with Gasteiger partial charge < -0.3 is 5.32 Å². The van der Waals surface area contributed by atoms with Crippen molar-refractivity contribution in [1.29, 1.82) is 0 Å². The molecule has 3 atom stereocenters. The highest BCUT2D eigenvalue weighted by molar-refractivity contribution is 7.11. The van der Waals surface area contributed by atoms with Crippen molar-refractivity contribution in [3.63, 3.8) is 0 Å². The van der Waals surface area contributed by atoms with Crippen LogP contribution in [0.3, 0.4) is 0 Å². The zero-order valence-electron chi connectivity index (χ0n) is 14.6. The fourth-order valence-electron chi connectivity index (χ4n) is 3.37. The Hall–Kier alpha value is -0.410. The molecular formula is C18H32N2S. The molecule has 2 rings (SSSR count). The van der Waals surface area contributed by atoms with Crippen LogP contribution in [-0.4, -0.2) is 17.1 Å². The molecule has 1 aromatic heterocycles. The largest absolute Gasteiger partial charge is 0.312 e. The lowest BCUT2D eigenvalue weighted by Crippen LogP contribution is -2.42. The molecule has 3 heteroatoms. The molecule has 120 valence electrons. The van der Waals surface area contributed by atoms with Crippen molar-refractivity contribution < 1.29 is 0 Å². The summed E-state index contributed by atoms with van der Waals surface area (Å²) >= 11 is 1.90. The van der Waals surface area contributed by atoms with Gasteiger partial charge in [-0.3, -0.25) is 0 Å². The van der Waals surface area contributed by atoms with Gasteiger partial charge >= 0.3 is 0 Å². The number of thiazole rings is 1. The quantitative estimate of drug-likeness (QED) is 0.868. The molecule has 1 N–H and O–H groups in total. The van der Waals surface area contributed by atoms with Crippen LogP contribution in [-0.2, 0) is 6.42 Å². The monoisotopic (exact) mass is 308 g/mol. The van der Waals surface area contributed by atoms with Crippen LogP contribution in [0.4, 0.5) is 0 Å². The number of hydrogen-bond acceptors (Lipinski definition) is 3. The van der Waals surface area contributed by atoms with Crippen LogP contribution < -0.4 is 5.32 Å². The molecule has 21 heavy (non-hydrogen) atoms. The van der Waals surface area contributed by atoms with Crippen LogP contribution in [0.25, 0.3) is 0 Å². The second kappa shape index (κ2) is 6.78. The Morgan fingerprint density at radius 1 is 1.19 bits per heavy atom. The lowest BCUT2D eigenvalue weighted by molar-refractivity contribution is 0.174. The minimum atomic E-state index is 0.224. The molecule has 0 aromatic carbocycles. The molecular weight excluding hydrogens is 276 g/mol. The molecule has 0 spiro atoms. The van der Waals surface area contributed by atoms with Gasteiger partial charge in [0, 0.05) is 16.8 Å². The van der Waals surface area contributed by atoms with E-state index < -0.39 is 0 Å². The maximum atomic E-state index is 4.77. The van der Waals surface area contributed by atoms with Gasteiger partial charge in [0.25, 0.3) is 0 Å². The first kappa shape index (κ1) is 17.0. The lowest BCUT2D eigenvalue weighted by Gasteiger charge is -2.36. The Balaban J connectivity index is 2.01. The van der Waals surface area contributed by atoms with E-state index in [2.05, 4.69) is 46.9 Å². The summed E-state index contributed by atoms with van der Waals surface area (Å²) in [6.07, 6.45) is 5.31. The molecule has 0 bridgehead atoms. The SMILES string of the molecule is Cc1nc(CC2CC(C)CCC2CNC(C)(C)C)sc1C. The minimum absolute atomic E-state index is 0.224. The average molecular weight is 309 g/mol. The van der Waals surface area contributed by atoms with Crippen LogP contribution in [0.2, 0.25) is 0 Å². The smallest absolute Gasteiger partial charge is 0.0933 e. The van der Waals surface area contributed by atoms with Crippen LogP contribution >= 0.6 is 11.3 Å². The van der Waals surface area contributed by atoms with E-state index >= 15 is 0 Å². The van der Waals surface area contributed by atoms with Crippen molar-refractivity contribution in [1.82, 2.24) is 10.3 Å². The van der Waals surface area contributed by atoms with Crippen LogP contribution in [0.15, 0.2) is 0 Å². The molecule has 0 aliphatic heterocycles. The second-order valence-corrected chi connectivity index (χ2v) is 9.31. The summed E-state index contributed by atoms with van der Waals surface area (Å²) in [4.78, 5) is 6.16.